The van der Waals surface area contributed by atoms with Gasteiger partial charge >= 0.3 is 0 Å². The number of carbonyl (C=O) groups is 2. The van der Waals surface area contributed by atoms with Crippen LogP contribution in [-0.2, 0) is 33.9 Å². The average molecular weight is 479 g/mol. The molecule has 0 spiro atoms. The third-order valence-electron chi connectivity index (χ3n) is 6.11. The van der Waals surface area contributed by atoms with Crippen LogP contribution in [0.15, 0.2) is 53.3 Å². The van der Waals surface area contributed by atoms with Gasteiger partial charge in [0.2, 0.25) is 11.8 Å². The fraction of sp³-hybridized carbons (Fsp3) is 0.385. The van der Waals surface area contributed by atoms with Gasteiger partial charge in [0.25, 0.3) is 0 Å². The first-order valence-electron chi connectivity index (χ1n) is 11.5. The Balaban J connectivity index is 1.52. The van der Waals surface area contributed by atoms with Crippen molar-refractivity contribution in [3.8, 4) is 5.75 Å². The zero-order valence-corrected chi connectivity index (χ0v) is 20.3. The van der Waals surface area contributed by atoms with Crippen LogP contribution in [0, 0.1) is 13.8 Å². The van der Waals surface area contributed by atoms with Gasteiger partial charge in [-0.1, -0.05) is 23.4 Å². The number of pyridine rings is 1. The average Bonchev–Trinajstić information content (AvgIpc) is 3.09. The first kappa shape index (κ1) is 24.4. The van der Waals surface area contributed by atoms with E-state index < -0.39 is 0 Å². The lowest BCUT2D eigenvalue weighted by Gasteiger charge is -2.25. The molecule has 35 heavy (non-hydrogen) atoms. The maximum absolute atomic E-state index is 13.2. The molecule has 3 heterocycles. The van der Waals surface area contributed by atoms with E-state index in [1.165, 1.54) is 0 Å². The number of aryl methyl sites for hydroxylation is 2. The van der Waals surface area contributed by atoms with Crippen LogP contribution in [0.25, 0.3) is 0 Å². The van der Waals surface area contributed by atoms with Gasteiger partial charge in [0.15, 0.2) is 0 Å². The van der Waals surface area contributed by atoms with Crippen LogP contribution in [0.4, 0.5) is 0 Å². The van der Waals surface area contributed by atoms with Gasteiger partial charge in [0, 0.05) is 37.6 Å². The van der Waals surface area contributed by atoms with Crippen LogP contribution in [0.1, 0.15) is 28.1 Å². The van der Waals surface area contributed by atoms with Gasteiger partial charge in [-0.15, -0.1) is 0 Å². The van der Waals surface area contributed by atoms with Crippen molar-refractivity contribution in [1.82, 2.24) is 19.9 Å². The summed E-state index contributed by atoms with van der Waals surface area (Å²) in [6, 6.07) is 11.3. The van der Waals surface area contributed by atoms with Crippen LogP contribution < -0.4 is 4.74 Å². The molecule has 3 aromatic rings. The summed E-state index contributed by atoms with van der Waals surface area (Å²) in [7, 11) is 1.61. The second kappa shape index (κ2) is 11.1. The molecule has 184 valence electrons. The van der Waals surface area contributed by atoms with Crippen LogP contribution in [0.2, 0.25) is 0 Å². The first-order chi connectivity index (χ1) is 16.9. The van der Waals surface area contributed by atoms with Crippen molar-refractivity contribution >= 4 is 11.8 Å². The van der Waals surface area contributed by atoms with Gasteiger partial charge in [-0.3, -0.25) is 14.6 Å². The van der Waals surface area contributed by atoms with Gasteiger partial charge in [0.1, 0.15) is 11.5 Å². The number of hydrogen-bond acceptors (Lipinski definition) is 7. The van der Waals surface area contributed by atoms with E-state index >= 15 is 0 Å². The molecule has 1 aliphatic rings. The molecule has 1 fully saturated rings. The number of nitrogens with zero attached hydrogens (tertiary/aromatic N) is 4. The highest BCUT2D eigenvalue weighted by Gasteiger charge is 2.31. The van der Waals surface area contributed by atoms with Gasteiger partial charge < -0.3 is 23.8 Å². The number of rotatable bonds is 8. The van der Waals surface area contributed by atoms with Crippen molar-refractivity contribution in [2.24, 2.45) is 0 Å². The second-order valence-corrected chi connectivity index (χ2v) is 8.67. The van der Waals surface area contributed by atoms with E-state index in [4.69, 9.17) is 14.0 Å². The molecule has 1 aliphatic heterocycles. The Labute approximate surface area is 204 Å². The lowest BCUT2D eigenvalue weighted by molar-refractivity contribution is -0.138. The molecular weight excluding hydrogens is 448 g/mol. The largest absolute Gasteiger partial charge is 0.497 e. The molecule has 2 amide bonds. The minimum absolute atomic E-state index is 0.00571. The molecule has 0 radical (unpaired) electrons. The van der Waals surface area contributed by atoms with Gasteiger partial charge in [-0.25, -0.2) is 0 Å². The van der Waals surface area contributed by atoms with E-state index in [0.29, 0.717) is 25.4 Å². The summed E-state index contributed by atoms with van der Waals surface area (Å²) in [4.78, 5) is 33.8. The molecule has 1 atom stereocenters. The topological polar surface area (TPSA) is 98.0 Å². The minimum atomic E-state index is -0.376. The molecule has 0 N–H and O–H groups in total. The lowest BCUT2D eigenvalue weighted by atomic mass is 10.2. The smallest absolute Gasteiger partial charge is 0.242 e. The molecule has 0 saturated carbocycles. The third-order valence-corrected chi connectivity index (χ3v) is 6.11. The predicted octanol–water partition coefficient (Wildman–Crippen LogP) is 2.69. The Morgan fingerprint density at radius 1 is 1.17 bits per heavy atom. The summed E-state index contributed by atoms with van der Waals surface area (Å²) < 4.78 is 16.8. The highest BCUT2D eigenvalue weighted by atomic mass is 16.5. The van der Waals surface area contributed by atoms with Crippen molar-refractivity contribution in [2.45, 2.75) is 39.5 Å². The Bertz CT molecular complexity index is 1140. The van der Waals surface area contributed by atoms with Crippen molar-refractivity contribution in [3.05, 3.63) is 76.9 Å². The maximum atomic E-state index is 13.2. The molecular formula is C26H30N4O5. The third kappa shape index (κ3) is 6.24. The first-order valence-corrected chi connectivity index (χ1v) is 11.5. The predicted molar refractivity (Wildman–Crippen MR) is 127 cm³/mol. The number of aromatic nitrogens is 2. The zero-order chi connectivity index (χ0) is 24.8. The monoisotopic (exact) mass is 478 g/mol. The van der Waals surface area contributed by atoms with E-state index in [1.54, 1.807) is 35.4 Å². The Hall–Kier alpha value is -3.72. The van der Waals surface area contributed by atoms with E-state index in [1.807, 2.05) is 44.2 Å². The van der Waals surface area contributed by atoms with Crippen LogP contribution in [-0.4, -0.2) is 64.6 Å². The molecule has 1 aromatic carbocycles. The van der Waals surface area contributed by atoms with Crippen molar-refractivity contribution < 1.29 is 23.6 Å². The number of carbonyl (C=O) groups excluding carboxylic acids is 2. The Morgan fingerprint density at radius 3 is 2.71 bits per heavy atom. The molecule has 1 saturated heterocycles. The van der Waals surface area contributed by atoms with Crippen LogP contribution in [0.3, 0.4) is 0 Å². The minimum Gasteiger partial charge on any atom is -0.497 e. The van der Waals surface area contributed by atoms with E-state index in [0.717, 1.165) is 28.1 Å². The van der Waals surface area contributed by atoms with Gasteiger partial charge in [-0.2, -0.15) is 0 Å². The maximum Gasteiger partial charge on any atom is 0.242 e. The lowest BCUT2D eigenvalue weighted by Crippen LogP contribution is -2.40. The molecule has 9 nitrogen and oxygen atoms in total. The summed E-state index contributed by atoms with van der Waals surface area (Å²) >= 11 is 0. The van der Waals surface area contributed by atoms with Crippen molar-refractivity contribution in [2.75, 3.05) is 26.7 Å². The summed E-state index contributed by atoms with van der Waals surface area (Å²) in [6.45, 7) is 5.05. The van der Waals surface area contributed by atoms with Crippen LogP contribution in [0.5, 0.6) is 5.75 Å². The van der Waals surface area contributed by atoms with Gasteiger partial charge in [-0.05, 0) is 43.2 Å². The van der Waals surface area contributed by atoms with E-state index in [2.05, 4.69) is 10.1 Å². The summed E-state index contributed by atoms with van der Waals surface area (Å²) in [6.07, 6.45) is 3.13. The number of hydrogen-bond donors (Lipinski definition) is 0. The second-order valence-electron chi connectivity index (χ2n) is 8.67. The fourth-order valence-electron chi connectivity index (χ4n) is 4.12. The Kier molecular flexibility index (Phi) is 7.77. The molecule has 0 bridgehead atoms. The highest BCUT2D eigenvalue weighted by molar-refractivity contribution is 5.86. The fourth-order valence-corrected chi connectivity index (χ4v) is 4.12. The summed E-state index contributed by atoms with van der Waals surface area (Å²) in [5.41, 5.74) is 3.39. The quantitative estimate of drug-likeness (QED) is 0.491. The van der Waals surface area contributed by atoms with Crippen molar-refractivity contribution in [1.29, 1.82) is 0 Å². The molecule has 0 aliphatic carbocycles. The number of benzene rings is 1. The summed E-state index contributed by atoms with van der Waals surface area (Å²) in [5.74, 6) is 1.16. The number of ether oxygens (including phenoxy) is 2. The normalized spacial score (nSPS) is 16.3. The Morgan fingerprint density at radius 2 is 2.00 bits per heavy atom. The molecule has 2 aromatic heterocycles. The van der Waals surface area contributed by atoms with E-state index in [9.17, 15) is 9.59 Å². The number of amides is 2. The standard InChI is InChI=1S/C26H30N4O5/c1-18-24(19(2)35-28-18)17-34-23-14-29(13-21-6-4-8-22(10-21)33-3)26(32)16-30(15-23)25(31)11-20-7-5-9-27-12-20/h4-10,12,23H,11,13-17H2,1-3H3. The summed E-state index contributed by atoms with van der Waals surface area (Å²) in [5, 5.41) is 3.99. The van der Waals surface area contributed by atoms with E-state index in [-0.39, 0.29) is 37.5 Å². The molecule has 9 heteroatoms. The zero-order valence-electron chi connectivity index (χ0n) is 20.3. The molecule has 4 rings (SSSR count). The number of methoxy groups -OCH3 is 1. The highest BCUT2D eigenvalue weighted by Crippen LogP contribution is 2.20. The molecule has 1 unspecified atom stereocenters. The van der Waals surface area contributed by atoms with Crippen molar-refractivity contribution in [3.63, 3.8) is 0 Å². The van der Waals surface area contributed by atoms with Gasteiger partial charge in [0.05, 0.1) is 38.5 Å². The van der Waals surface area contributed by atoms with Crippen LogP contribution >= 0.6 is 0 Å². The SMILES string of the molecule is COc1cccc(CN2CC(OCc3c(C)noc3C)CN(C(=O)Cc3cccnc3)CC2=O)c1.